The van der Waals surface area contributed by atoms with Crippen molar-refractivity contribution < 1.29 is 12.3 Å². The van der Waals surface area contributed by atoms with E-state index in [2.05, 4.69) is 26.2 Å². The van der Waals surface area contributed by atoms with Crippen LogP contribution in [0.15, 0.2) is 0 Å². The van der Waals surface area contributed by atoms with Gasteiger partial charge in [0.05, 0.1) is 0 Å². The highest BCUT2D eigenvalue weighted by Crippen LogP contribution is 2.58. The quantitative estimate of drug-likeness (QED) is 0.187. The Bertz CT molecular complexity index is 619. The van der Waals surface area contributed by atoms with Crippen LogP contribution in [0.4, 0.5) is 0 Å². The molecule has 4 fully saturated rings. The molecule has 0 aromatic rings. The monoisotopic (exact) mass is 588 g/mol. The van der Waals surface area contributed by atoms with E-state index in [0.29, 0.717) is 22.2 Å². The minimum atomic E-state index is -2.61. The van der Waals surface area contributed by atoms with Gasteiger partial charge in [-0.25, -0.2) is 0 Å². The zero-order valence-electron chi connectivity index (χ0n) is 24.1. The van der Waals surface area contributed by atoms with Gasteiger partial charge in [0, 0.05) is 11.1 Å². The second kappa shape index (κ2) is 13.6. The van der Waals surface area contributed by atoms with Gasteiger partial charge in [-0.05, 0) is 88.6 Å². The standard InChI is InChI=1S/C28H57ClO3Si4/c1-33(2)30-34(3,4)31-36(27-21-13-7-14-22-27,28-23-15-8-16-24-28)32-35(29,25-17-9-5-10-18-25)26-19-11-6-12-20-26/h25-28,33H,5-24H2,1-4H3. The van der Waals surface area contributed by atoms with Crippen molar-refractivity contribution in [2.75, 3.05) is 0 Å². The smallest absolute Gasteiger partial charge is 0.326 e. The fourth-order valence-electron chi connectivity index (χ4n) is 8.41. The lowest BCUT2D eigenvalue weighted by molar-refractivity contribution is 0.249. The Balaban J connectivity index is 1.77. The third-order valence-corrected chi connectivity index (χ3v) is 29.2. The van der Waals surface area contributed by atoms with Crippen LogP contribution in [0, 0.1) is 0 Å². The summed E-state index contributed by atoms with van der Waals surface area (Å²) < 4.78 is 22.6. The summed E-state index contributed by atoms with van der Waals surface area (Å²) in [4.78, 5) is 0. The highest BCUT2D eigenvalue weighted by molar-refractivity contribution is 7.20. The van der Waals surface area contributed by atoms with E-state index in [1.54, 1.807) is 0 Å². The van der Waals surface area contributed by atoms with Crippen LogP contribution < -0.4 is 0 Å². The van der Waals surface area contributed by atoms with Gasteiger partial charge in [-0.15, -0.1) is 11.1 Å². The van der Waals surface area contributed by atoms with Gasteiger partial charge in [-0.1, -0.05) is 77.0 Å². The molecule has 4 rings (SSSR count). The average Bonchev–Trinajstić information content (AvgIpc) is 2.89. The van der Waals surface area contributed by atoms with E-state index in [-0.39, 0.29) is 0 Å². The first-order valence-electron chi connectivity index (χ1n) is 16.0. The lowest BCUT2D eigenvalue weighted by Crippen LogP contribution is -2.65. The Morgan fingerprint density at radius 1 is 0.528 bits per heavy atom. The van der Waals surface area contributed by atoms with Crippen LogP contribution in [-0.4, -0.2) is 33.8 Å². The topological polar surface area (TPSA) is 27.7 Å². The summed E-state index contributed by atoms with van der Waals surface area (Å²) in [6, 6.07) is 0. The highest BCUT2D eigenvalue weighted by Gasteiger charge is 2.62. The second-order valence-electron chi connectivity index (χ2n) is 13.5. The molecule has 8 heteroatoms. The van der Waals surface area contributed by atoms with E-state index >= 15 is 0 Å². The molecule has 0 spiro atoms. The predicted molar refractivity (Wildman–Crippen MR) is 164 cm³/mol. The first kappa shape index (κ1) is 30.0. The van der Waals surface area contributed by atoms with Crippen molar-refractivity contribution in [1.29, 1.82) is 0 Å². The molecule has 0 unspecified atom stereocenters. The van der Waals surface area contributed by atoms with E-state index < -0.39 is 33.8 Å². The van der Waals surface area contributed by atoms with Crippen molar-refractivity contribution in [2.24, 2.45) is 0 Å². The Hall–Kier alpha value is 1.04. The number of rotatable bonds is 10. The zero-order chi connectivity index (χ0) is 25.7. The van der Waals surface area contributed by atoms with Gasteiger partial charge in [-0.2, -0.15) is 0 Å². The summed E-state index contributed by atoms with van der Waals surface area (Å²) in [6.45, 7) is 9.31. The van der Waals surface area contributed by atoms with E-state index in [1.807, 2.05) is 0 Å². The van der Waals surface area contributed by atoms with Gasteiger partial charge >= 0.3 is 17.1 Å². The van der Waals surface area contributed by atoms with Crippen molar-refractivity contribution in [3.63, 3.8) is 0 Å². The second-order valence-corrected chi connectivity index (χ2v) is 28.9. The molecule has 3 nitrogen and oxygen atoms in total. The number of halogens is 1. The van der Waals surface area contributed by atoms with Gasteiger partial charge in [0.2, 0.25) is 0 Å². The third-order valence-electron chi connectivity index (χ3n) is 9.91. The molecule has 0 bridgehead atoms. The van der Waals surface area contributed by atoms with Gasteiger partial charge in [0.25, 0.3) is 7.63 Å². The van der Waals surface area contributed by atoms with Crippen molar-refractivity contribution >= 4 is 44.9 Å². The summed E-state index contributed by atoms with van der Waals surface area (Å²) in [5, 5.41) is 0. The van der Waals surface area contributed by atoms with Crippen molar-refractivity contribution in [3.05, 3.63) is 0 Å². The molecular formula is C28H57ClO3Si4. The Kier molecular flexibility index (Phi) is 11.3. The predicted octanol–water partition coefficient (Wildman–Crippen LogP) is 10.2. The SMILES string of the molecule is C[SiH](C)O[Si](C)(C)O[Si](O[Si](Cl)(C1CCCCC1)C1CCCCC1)(C1CCCCC1)C1CCCCC1. The van der Waals surface area contributed by atoms with Crippen LogP contribution in [0.2, 0.25) is 48.4 Å². The van der Waals surface area contributed by atoms with Gasteiger partial charge in [0.15, 0.2) is 9.04 Å². The van der Waals surface area contributed by atoms with Crippen LogP contribution >= 0.6 is 11.1 Å². The Morgan fingerprint density at radius 3 is 1.19 bits per heavy atom. The summed E-state index contributed by atoms with van der Waals surface area (Å²) in [5.41, 5.74) is 2.50. The Morgan fingerprint density at radius 2 is 0.861 bits per heavy atom. The van der Waals surface area contributed by atoms with E-state index in [4.69, 9.17) is 23.4 Å². The fourth-order valence-corrected chi connectivity index (χ4v) is 31.7. The summed E-state index contributed by atoms with van der Waals surface area (Å²) in [7, 11) is -8.62. The molecule has 36 heavy (non-hydrogen) atoms. The van der Waals surface area contributed by atoms with Gasteiger partial charge in [-0.3, -0.25) is 0 Å². The third kappa shape index (κ3) is 7.41. The molecule has 0 amide bonds. The molecule has 0 aromatic carbocycles. The van der Waals surface area contributed by atoms with Crippen LogP contribution in [0.5, 0.6) is 0 Å². The van der Waals surface area contributed by atoms with Crippen LogP contribution in [0.3, 0.4) is 0 Å². The molecule has 0 heterocycles. The van der Waals surface area contributed by atoms with Crippen LogP contribution in [0.1, 0.15) is 128 Å². The van der Waals surface area contributed by atoms with Crippen molar-refractivity contribution in [1.82, 2.24) is 0 Å². The maximum Gasteiger partial charge on any atom is 0.326 e. The van der Waals surface area contributed by atoms with Crippen molar-refractivity contribution in [3.8, 4) is 0 Å². The molecule has 4 saturated carbocycles. The lowest BCUT2D eigenvalue weighted by Gasteiger charge is -2.54. The molecule has 0 saturated heterocycles. The van der Waals surface area contributed by atoms with Crippen LogP contribution in [-0.2, 0) is 12.3 Å². The molecule has 4 aliphatic rings. The zero-order valence-corrected chi connectivity index (χ0v) is 29.0. The molecule has 4 aliphatic carbocycles. The molecule has 210 valence electrons. The normalized spacial score (nSPS) is 25.5. The number of hydrogen-bond donors (Lipinski definition) is 0. The first-order chi connectivity index (χ1) is 17.3. The van der Waals surface area contributed by atoms with Gasteiger partial charge < -0.3 is 12.3 Å². The van der Waals surface area contributed by atoms with Crippen LogP contribution in [0.25, 0.3) is 0 Å². The molecule has 0 aromatic heterocycles. The summed E-state index contributed by atoms with van der Waals surface area (Å²) in [5.74, 6) is 0. The molecule has 0 atom stereocenters. The van der Waals surface area contributed by atoms with E-state index in [0.717, 1.165) is 0 Å². The Labute approximate surface area is 233 Å². The minimum Gasteiger partial charge on any atom is -0.440 e. The summed E-state index contributed by atoms with van der Waals surface area (Å²) in [6.07, 6.45) is 26.8. The first-order valence-corrected chi connectivity index (χ1v) is 26.7. The average molecular weight is 590 g/mol. The molecule has 0 aliphatic heterocycles. The fraction of sp³-hybridized carbons (Fsp3) is 1.00. The van der Waals surface area contributed by atoms with E-state index in [1.165, 1.54) is 128 Å². The number of hydrogen-bond acceptors (Lipinski definition) is 3. The largest absolute Gasteiger partial charge is 0.440 e. The maximum atomic E-state index is 8.21. The molecular weight excluding hydrogens is 532 g/mol. The minimum absolute atomic E-state index is 0.622. The molecule has 0 radical (unpaired) electrons. The van der Waals surface area contributed by atoms with E-state index in [9.17, 15) is 0 Å². The van der Waals surface area contributed by atoms with Gasteiger partial charge in [0.1, 0.15) is 0 Å². The van der Waals surface area contributed by atoms with Crippen molar-refractivity contribution in [2.45, 2.75) is 177 Å². The summed E-state index contributed by atoms with van der Waals surface area (Å²) >= 11 is 8.21. The lowest BCUT2D eigenvalue weighted by atomic mass is 9.99. The molecule has 0 N–H and O–H groups in total. The highest BCUT2D eigenvalue weighted by atomic mass is 35.6. The maximum absolute atomic E-state index is 8.21.